The van der Waals surface area contributed by atoms with Crippen LogP contribution in [0.2, 0.25) is 0 Å². The summed E-state index contributed by atoms with van der Waals surface area (Å²) in [5.74, 6) is 0. The van der Waals surface area contributed by atoms with Crippen molar-refractivity contribution in [3.63, 3.8) is 0 Å². The van der Waals surface area contributed by atoms with Gasteiger partial charge in [0, 0.05) is 18.0 Å². The van der Waals surface area contributed by atoms with Crippen molar-refractivity contribution in [2.45, 2.75) is 19.3 Å². The highest BCUT2D eigenvalue weighted by Crippen LogP contribution is 2.60. The fourth-order valence-electron chi connectivity index (χ4n) is 1.44. The SMILES string of the molecule is [2H]C1([2H])OP(=O)(Cl)N(C(C)c2ccccc2)C([2H])([2H])C1([2H])[2H]. The van der Waals surface area contributed by atoms with Gasteiger partial charge in [0.1, 0.15) is 0 Å². The molecule has 0 radical (unpaired) electrons. The largest absolute Gasteiger partial charge is 0.363 e. The van der Waals surface area contributed by atoms with Crippen LogP contribution in [0, 0.1) is 0 Å². The van der Waals surface area contributed by atoms with Crippen LogP contribution in [-0.4, -0.2) is 17.7 Å². The van der Waals surface area contributed by atoms with E-state index in [2.05, 4.69) is 4.52 Å². The zero-order valence-electron chi connectivity index (χ0n) is 14.6. The van der Waals surface area contributed by atoms with Crippen LogP contribution in [0.25, 0.3) is 0 Å². The van der Waals surface area contributed by atoms with Crippen molar-refractivity contribution in [3.05, 3.63) is 35.9 Å². The molecule has 2 rings (SSSR count). The van der Waals surface area contributed by atoms with E-state index in [9.17, 15) is 4.57 Å². The molecule has 0 bridgehead atoms. The van der Waals surface area contributed by atoms with Gasteiger partial charge in [0.15, 0.2) is 0 Å². The van der Waals surface area contributed by atoms with Gasteiger partial charge in [0.25, 0.3) is 0 Å². The van der Waals surface area contributed by atoms with E-state index in [0.29, 0.717) is 10.2 Å². The first-order chi connectivity index (χ1) is 9.84. The first-order valence-electron chi connectivity index (χ1n) is 7.70. The van der Waals surface area contributed by atoms with Gasteiger partial charge in [-0.25, -0.2) is 4.67 Å². The molecule has 1 aromatic carbocycles. The Bertz CT molecular complexity index is 614. The lowest BCUT2D eigenvalue weighted by molar-refractivity contribution is 0.194. The third-order valence-corrected chi connectivity index (χ3v) is 4.26. The first kappa shape index (κ1) is 6.55. The van der Waals surface area contributed by atoms with Crippen LogP contribution in [0.1, 0.15) is 33.1 Å². The number of benzene rings is 1. The highest BCUT2D eigenvalue weighted by atomic mass is 35.7. The van der Waals surface area contributed by atoms with Crippen LogP contribution in [0.5, 0.6) is 0 Å². The van der Waals surface area contributed by atoms with Crippen LogP contribution in [-0.2, 0) is 9.09 Å². The molecule has 88 valence electrons. The fraction of sp³-hybridized carbons (Fsp3) is 0.455. The van der Waals surface area contributed by atoms with Crippen molar-refractivity contribution in [2.75, 3.05) is 13.1 Å². The van der Waals surface area contributed by atoms with Crippen LogP contribution in [0.4, 0.5) is 0 Å². The van der Waals surface area contributed by atoms with Gasteiger partial charge in [0.05, 0.1) is 9.30 Å². The van der Waals surface area contributed by atoms with Gasteiger partial charge in [-0.05, 0) is 30.1 Å². The Labute approximate surface area is 109 Å². The Morgan fingerprint density at radius 3 is 2.94 bits per heavy atom. The monoisotopic (exact) mass is 265 g/mol. The van der Waals surface area contributed by atoms with Crippen LogP contribution in [0.15, 0.2) is 30.3 Å². The molecule has 16 heavy (non-hydrogen) atoms. The molecule has 0 saturated carbocycles. The predicted octanol–water partition coefficient (Wildman–Crippen LogP) is 3.82. The predicted molar refractivity (Wildman–Crippen MR) is 65.6 cm³/mol. The van der Waals surface area contributed by atoms with Crippen molar-refractivity contribution in [3.8, 4) is 0 Å². The summed E-state index contributed by atoms with van der Waals surface area (Å²) in [6, 6.07) is 7.55. The second kappa shape index (κ2) is 4.89. The second-order valence-electron chi connectivity index (χ2n) is 3.31. The van der Waals surface area contributed by atoms with Crippen molar-refractivity contribution in [1.29, 1.82) is 0 Å². The molecule has 1 aromatic rings. The van der Waals surface area contributed by atoms with Crippen molar-refractivity contribution in [1.82, 2.24) is 4.67 Å². The molecular formula is C11H15ClNO2P. The maximum atomic E-state index is 12.5. The molecule has 0 aliphatic carbocycles. The molecule has 5 heteroatoms. The van der Waals surface area contributed by atoms with E-state index >= 15 is 0 Å². The molecule has 0 N–H and O–H groups in total. The van der Waals surface area contributed by atoms with Gasteiger partial charge >= 0.3 is 6.87 Å². The third kappa shape index (κ3) is 2.49. The van der Waals surface area contributed by atoms with Crippen molar-refractivity contribution in [2.24, 2.45) is 0 Å². The molecule has 1 fully saturated rings. The maximum absolute atomic E-state index is 12.5. The Hall–Kier alpha value is -0.340. The van der Waals surface area contributed by atoms with E-state index in [4.69, 9.17) is 19.5 Å². The minimum Gasteiger partial charge on any atom is -0.306 e. The van der Waals surface area contributed by atoms with E-state index in [0.717, 1.165) is 0 Å². The fourth-order valence-corrected chi connectivity index (χ4v) is 3.01. The summed E-state index contributed by atoms with van der Waals surface area (Å²) >= 11 is 5.79. The minimum atomic E-state index is -4.43. The number of halogens is 1. The van der Waals surface area contributed by atoms with Gasteiger partial charge in [-0.3, -0.25) is 4.57 Å². The molecule has 2 unspecified atom stereocenters. The summed E-state index contributed by atoms with van der Waals surface area (Å²) in [5, 5.41) is 0. The molecule has 0 spiro atoms. The van der Waals surface area contributed by atoms with Crippen LogP contribution < -0.4 is 0 Å². The summed E-state index contributed by atoms with van der Waals surface area (Å²) < 4.78 is 64.3. The summed E-state index contributed by atoms with van der Waals surface area (Å²) in [6.07, 6.45) is -3.08. The number of hydrogen-bond donors (Lipinski definition) is 0. The molecular weight excluding hydrogens is 245 g/mol. The first-order valence-corrected chi connectivity index (χ1v) is 7.18. The average Bonchev–Trinajstić information content (AvgIpc) is 2.36. The summed E-state index contributed by atoms with van der Waals surface area (Å²) in [5.41, 5.74) is 0.550. The van der Waals surface area contributed by atoms with E-state index in [1.165, 1.54) is 6.92 Å². The molecule has 1 saturated heterocycles. The molecule has 1 aliphatic heterocycles. The Morgan fingerprint density at radius 2 is 2.25 bits per heavy atom. The van der Waals surface area contributed by atoms with Gasteiger partial charge in [-0.2, -0.15) is 0 Å². The maximum Gasteiger partial charge on any atom is 0.363 e. The smallest absolute Gasteiger partial charge is 0.306 e. The van der Waals surface area contributed by atoms with Gasteiger partial charge in [0.2, 0.25) is 0 Å². The van der Waals surface area contributed by atoms with Crippen molar-refractivity contribution >= 4 is 18.1 Å². The van der Waals surface area contributed by atoms with Gasteiger partial charge in [-0.15, -0.1) is 0 Å². The number of nitrogens with zero attached hydrogens (tertiary/aromatic N) is 1. The quantitative estimate of drug-likeness (QED) is 0.762. The third-order valence-electron chi connectivity index (χ3n) is 2.29. The minimum absolute atomic E-state index is 0.550. The Morgan fingerprint density at radius 1 is 1.56 bits per heavy atom. The lowest BCUT2D eigenvalue weighted by atomic mass is 10.1. The molecule has 1 aliphatic rings. The molecule has 0 amide bonds. The van der Waals surface area contributed by atoms with Crippen LogP contribution >= 0.6 is 18.1 Å². The number of rotatable bonds is 2. The zero-order chi connectivity index (χ0) is 17.0. The standard InChI is InChI=1S/C11H15ClNO2P/c1-10(11-6-3-2-4-7-11)13-8-5-9-15-16(13,12)14/h2-4,6-7,10H,5,8-9H2,1H3/i5D2,8D2,9D2. The van der Waals surface area contributed by atoms with Gasteiger partial charge in [-0.1, -0.05) is 30.3 Å². The number of hydrogen-bond acceptors (Lipinski definition) is 2. The van der Waals surface area contributed by atoms with Crippen molar-refractivity contribution < 1.29 is 17.3 Å². The van der Waals surface area contributed by atoms with Gasteiger partial charge < -0.3 is 4.52 Å². The molecule has 3 nitrogen and oxygen atoms in total. The summed E-state index contributed by atoms with van der Waals surface area (Å²) in [7, 11) is 0. The Balaban J connectivity index is 2.56. The summed E-state index contributed by atoms with van der Waals surface area (Å²) in [6.45, 7) is -8.99. The highest BCUT2D eigenvalue weighted by Gasteiger charge is 2.36. The van der Waals surface area contributed by atoms with E-state index in [1.54, 1.807) is 30.3 Å². The topological polar surface area (TPSA) is 29.5 Å². The normalized spacial score (nSPS) is 43.9. The molecule has 2 atom stereocenters. The zero-order valence-corrected chi connectivity index (χ0v) is 10.2. The average molecular weight is 266 g/mol. The highest BCUT2D eigenvalue weighted by molar-refractivity contribution is 7.83. The lowest BCUT2D eigenvalue weighted by Gasteiger charge is -2.35. The second-order valence-corrected chi connectivity index (χ2v) is 6.11. The Kier molecular flexibility index (Phi) is 2.00. The lowest BCUT2D eigenvalue weighted by Crippen LogP contribution is -2.29. The summed E-state index contributed by atoms with van der Waals surface area (Å²) in [4.78, 5) is 0. The molecule has 1 heterocycles. The van der Waals surface area contributed by atoms with E-state index < -0.39 is 32.3 Å². The van der Waals surface area contributed by atoms with E-state index in [1.807, 2.05) is 0 Å². The van der Waals surface area contributed by atoms with E-state index in [-0.39, 0.29) is 0 Å². The molecule has 0 aromatic heterocycles. The van der Waals surface area contributed by atoms with Crippen LogP contribution in [0.3, 0.4) is 0 Å².